The molecule has 9 heteroatoms. The van der Waals surface area contributed by atoms with Gasteiger partial charge in [-0.1, -0.05) is 6.07 Å². The second kappa shape index (κ2) is 7.56. The molecule has 0 saturated carbocycles. The van der Waals surface area contributed by atoms with Crippen molar-refractivity contribution in [3.8, 4) is 9.88 Å². The molecule has 0 spiro atoms. The van der Waals surface area contributed by atoms with Crippen LogP contribution in [0.5, 0.6) is 0 Å². The summed E-state index contributed by atoms with van der Waals surface area (Å²) < 4.78 is 25.9. The molecule has 0 fully saturated rings. The van der Waals surface area contributed by atoms with Gasteiger partial charge in [-0.25, -0.2) is 13.4 Å². The van der Waals surface area contributed by atoms with Gasteiger partial charge in [0.25, 0.3) is 5.91 Å². The number of anilines is 2. The summed E-state index contributed by atoms with van der Waals surface area (Å²) in [6.45, 7) is 3.36. The minimum absolute atomic E-state index is 0.00286. The molecule has 2 N–H and O–H groups in total. The highest BCUT2D eigenvalue weighted by atomic mass is 32.2. The fourth-order valence-corrected chi connectivity index (χ4v) is 4.51. The van der Waals surface area contributed by atoms with Gasteiger partial charge in [-0.15, -0.1) is 22.7 Å². The number of nitrogens with one attached hydrogen (secondary N) is 2. The van der Waals surface area contributed by atoms with E-state index in [1.54, 1.807) is 49.6 Å². The minimum Gasteiger partial charge on any atom is -0.321 e. The molecule has 2 heterocycles. The van der Waals surface area contributed by atoms with E-state index < -0.39 is 10.0 Å². The SMILES string of the molecule is CCS(=O)(=O)Nc1ccc(NC(=O)c2cnc(-c3cccs3)s2)cc1C. The first kappa shape index (κ1) is 18.6. The molecule has 0 aliphatic carbocycles. The summed E-state index contributed by atoms with van der Waals surface area (Å²) in [6.07, 6.45) is 1.56. The topological polar surface area (TPSA) is 88.2 Å². The van der Waals surface area contributed by atoms with Crippen molar-refractivity contribution in [2.45, 2.75) is 13.8 Å². The molecule has 0 bridgehead atoms. The summed E-state index contributed by atoms with van der Waals surface area (Å²) in [7, 11) is -3.34. The Hall–Kier alpha value is -2.23. The van der Waals surface area contributed by atoms with E-state index in [0.717, 1.165) is 15.4 Å². The van der Waals surface area contributed by atoms with Gasteiger partial charge in [0.1, 0.15) is 9.88 Å². The summed E-state index contributed by atoms with van der Waals surface area (Å²) in [5.74, 6) is -0.241. The number of amides is 1. The number of rotatable bonds is 6. The lowest BCUT2D eigenvalue weighted by Crippen LogP contribution is -2.15. The number of nitrogens with zero attached hydrogens (tertiary/aromatic N) is 1. The molecular weight excluding hydrogens is 390 g/mol. The second-order valence-corrected chi connectivity index (χ2v) is 9.49. The van der Waals surface area contributed by atoms with Gasteiger partial charge in [0.05, 0.1) is 22.5 Å². The normalized spacial score (nSPS) is 11.3. The van der Waals surface area contributed by atoms with Crippen LogP contribution in [0.3, 0.4) is 0 Å². The van der Waals surface area contributed by atoms with Gasteiger partial charge in [-0.2, -0.15) is 0 Å². The number of thiazole rings is 1. The molecule has 0 saturated heterocycles. The molecule has 136 valence electrons. The van der Waals surface area contributed by atoms with Crippen LogP contribution in [0.4, 0.5) is 11.4 Å². The summed E-state index contributed by atoms with van der Waals surface area (Å²) in [6, 6.07) is 8.94. The smallest absolute Gasteiger partial charge is 0.267 e. The van der Waals surface area contributed by atoms with Crippen molar-refractivity contribution < 1.29 is 13.2 Å². The number of hydrogen-bond donors (Lipinski definition) is 2. The molecule has 3 rings (SSSR count). The number of thiophene rings is 1. The number of carbonyl (C=O) groups excluding carboxylic acids is 1. The third-order valence-electron chi connectivity index (χ3n) is 3.59. The third-order valence-corrected chi connectivity index (χ3v) is 6.92. The highest BCUT2D eigenvalue weighted by Gasteiger charge is 2.14. The Labute approximate surface area is 160 Å². The van der Waals surface area contributed by atoms with Crippen molar-refractivity contribution in [1.82, 2.24) is 4.98 Å². The molecule has 0 unspecified atom stereocenters. The predicted octanol–water partition coefficient (Wildman–Crippen LogP) is 4.19. The molecule has 1 aromatic carbocycles. The van der Waals surface area contributed by atoms with Crippen molar-refractivity contribution in [2.24, 2.45) is 0 Å². The van der Waals surface area contributed by atoms with E-state index in [4.69, 9.17) is 0 Å². The van der Waals surface area contributed by atoms with Crippen molar-refractivity contribution in [3.63, 3.8) is 0 Å². The zero-order valence-corrected chi connectivity index (χ0v) is 16.6. The first-order chi connectivity index (χ1) is 12.4. The van der Waals surface area contributed by atoms with E-state index in [-0.39, 0.29) is 11.7 Å². The first-order valence-corrected chi connectivity index (χ1v) is 11.1. The summed E-state index contributed by atoms with van der Waals surface area (Å²) >= 11 is 2.91. The van der Waals surface area contributed by atoms with E-state index in [0.29, 0.717) is 16.3 Å². The molecule has 0 aliphatic heterocycles. The third kappa shape index (κ3) is 4.29. The highest BCUT2D eigenvalue weighted by Crippen LogP contribution is 2.29. The average Bonchev–Trinajstić information content (AvgIpc) is 3.28. The van der Waals surface area contributed by atoms with Gasteiger partial charge >= 0.3 is 0 Å². The van der Waals surface area contributed by atoms with Gasteiger partial charge in [-0.05, 0) is 49.1 Å². The predicted molar refractivity (Wildman–Crippen MR) is 108 cm³/mol. The fourth-order valence-electron chi connectivity index (χ4n) is 2.18. The Bertz CT molecular complexity index is 1020. The molecule has 26 heavy (non-hydrogen) atoms. The van der Waals surface area contributed by atoms with Crippen LogP contribution in [0.15, 0.2) is 41.9 Å². The number of sulfonamides is 1. The fraction of sp³-hybridized carbons (Fsp3) is 0.176. The van der Waals surface area contributed by atoms with Crippen LogP contribution >= 0.6 is 22.7 Å². The molecule has 3 aromatic rings. The van der Waals surface area contributed by atoms with Gasteiger partial charge in [0, 0.05) is 5.69 Å². The maximum absolute atomic E-state index is 12.4. The van der Waals surface area contributed by atoms with Gasteiger partial charge in [0.2, 0.25) is 10.0 Å². The van der Waals surface area contributed by atoms with Crippen molar-refractivity contribution in [2.75, 3.05) is 15.8 Å². The van der Waals surface area contributed by atoms with E-state index in [9.17, 15) is 13.2 Å². The maximum Gasteiger partial charge on any atom is 0.267 e. The number of aromatic nitrogens is 1. The molecule has 6 nitrogen and oxygen atoms in total. The van der Waals surface area contributed by atoms with Crippen molar-refractivity contribution in [1.29, 1.82) is 0 Å². The molecule has 0 aliphatic rings. The Kier molecular flexibility index (Phi) is 5.40. The lowest BCUT2D eigenvalue weighted by molar-refractivity contribution is 0.103. The number of aryl methyl sites for hydroxylation is 1. The maximum atomic E-state index is 12.4. The Balaban J connectivity index is 1.73. The lowest BCUT2D eigenvalue weighted by Gasteiger charge is -2.11. The highest BCUT2D eigenvalue weighted by molar-refractivity contribution is 7.92. The van der Waals surface area contributed by atoms with Crippen molar-refractivity contribution >= 4 is 50.0 Å². The largest absolute Gasteiger partial charge is 0.321 e. The van der Waals surface area contributed by atoms with Crippen LogP contribution in [0.1, 0.15) is 22.2 Å². The second-order valence-electron chi connectivity index (χ2n) is 5.50. The average molecular weight is 408 g/mol. The zero-order valence-electron chi connectivity index (χ0n) is 14.1. The van der Waals surface area contributed by atoms with Crippen LogP contribution in [-0.4, -0.2) is 25.1 Å². The summed E-state index contributed by atoms with van der Waals surface area (Å²) in [4.78, 5) is 18.3. The van der Waals surface area contributed by atoms with E-state index in [2.05, 4.69) is 15.0 Å². The monoisotopic (exact) mass is 407 g/mol. The molecule has 0 atom stereocenters. The van der Waals surface area contributed by atoms with Crippen LogP contribution in [-0.2, 0) is 10.0 Å². The zero-order chi connectivity index (χ0) is 18.7. The Morgan fingerprint density at radius 2 is 2.08 bits per heavy atom. The van der Waals surface area contributed by atoms with Crippen LogP contribution < -0.4 is 10.0 Å². The first-order valence-electron chi connectivity index (χ1n) is 7.80. The van der Waals surface area contributed by atoms with Gasteiger partial charge in [-0.3, -0.25) is 9.52 Å². The molecule has 1 amide bonds. The van der Waals surface area contributed by atoms with E-state index in [1.165, 1.54) is 11.3 Å². The molecular formula is C17H17N3O3S3. The van der Waals surface area contributed by atoms with Crippen LogP contribution in [0, 0.1) is 6.92 Å². The summed E-state index contributed by atoms with van der Waals surface area (Å²) in [5.41, 5.74) is 1.82. The Morgan fingerprint density at radius 3 is 2.73 bits per heavy atom. The summed E-state index contributed by atoms with van der Waals surface area (Å²) in [5, 5.41) is 5.60. The van der Waals surface area contributed by atoms with E-state index in [1.807, 2.05) is 17.5 Å². The quantitative estimate of drug-likeness (QED) is 0.641. The number of benzene rings is 1. The Morgan fingerprint density at radius 1 is 1.27 bits per heavy atom. The number of carbonyl (C=O) groups is 1. The van der Waals surface area contributed by atoms with Crippen molar-refractivity contribution in [3.05, 3.63) is 52.3 Å². The lowest BCUT2D eigenvalue weighted by atomic mass is 10.2. The van der Waals surface area contributed by atoms with E-state index >= 15 is 0 Å². The van der Waals surface area contributed by atoms with Crippen LogP contribution in [0.25, 0.3) is 9.88 Å². The minimum atomic E-state index is -3.34. The number of hydrogen-bond acceptors (Lipinski definition) is 6. The van der Waals surface area contributed by atoms with Gasteiger partial charge in [0.15, 0.2) is 0 Å². The van der Waals surface area contributed by atoms with Gasteiger partial charge < -0.3 is 5.32 Å². The molecule has 2 aromatic heterocycles. The standard InChI is InChI=1S/C17H17N3O3S3/c1-3-26(22,23)20-13-7-6-12(9-11(13)2)19-16(21)15-10-18-17(25-15)14-5-4-8-24-14/h4-10,20H,3H2,1-2H3,(H,19,21). The molecule has 0 radical (unpaired) electrons. The van der Waals surface area contributed by atoms with Crippen LogP contribution in [0.2, 0.25) is 0 Å².